The largest absolute Gasteiger partial charge is 0.496 e. The first-order chi connectivity index (χ1) is 21.9. The van der Waals surface area contributed by atoms with Gasteiger partial charge in [-0.25, -0.2) is 17.8 Å². The number of sulfonamides is 1. The Hall–Kier alpha value is -5.69. The summed E-state index contributed by atoms with van der Waals surface area (Å²) in [7, 11) is 0.608. The fraction of sp³-hybridized carbons (Fsp3) is 0.121. The maximum absolute atomic E-state index is 13.7. The number of halogens is 1. The van der Waals surface area contributed by atoms with Crippen LogP contribution in [0.2, 0.25) is 0 Å². The van der Waals surface area contributed by atoms with Crippen molar-refractivity contribution in [2.75, 3.05) is 31.8 Å². The Morgan fingerprint density at radius 1 is 0.935 bits per heavy atom. The number of ether oxygens (including phenoxy) is 1. The molecule has 0 saturated carbocycles. The number of hydrogen-bond donors (Lipinski definition) is 2. The summed E-state index contributed by atoms with van der Waals surface area (Å²) in [6, 6.07) is 18.5. The maximum atomic E-state index is 13.7. The van der Waals surface area contributed by atoms with Crippen LogP contribution in [0.5, 0.6) is 5.75 Å². The fourth-order valence-electron chi connectivity index (χ4n) is 5.19. The lowest BCUT2D eigenvalue weighted by Crippen LogP contribution is -2.25. The molecule has 2 aromatic heterocycles. The number of rotatable bonds is 8. The summed E-state index contributed by atoms with van der Waals surface area (Å²) in [5.74, 6) is -0.736. The minimum absolute atomic E-state index is 0.183. The summed E-state index contributed by atoms with van der Waals surface area (Å²) in [5.41, 5.74) is 9.06. The summed E-state index contributed by atoms with van der Waals surface area (Å²) >= 11 is 0. The predicted octanol–water partition coefficient (Wildman–Crippen LogP) is 5.58. The number of carbonyl (C=O) groups excluding carboxylic acids is 2. The van der Waals surface area contributed by atoms with Crippen LogP contribution in [0.15, 0.2) is 81.6 Å². The average molecular weight is 643 g/mol. The lowest BCUT2D eigenvalue weighted by molar-refractivity contribution is 0.0963. The zero-order valence-electron chi connectivity index (χ0n) is 25.0. The number of primary amides is 1. The Morgan fingerprint density at radius 2 is 1.65 bits per heavy atom. The number of aromatic nitrogens is 1. The number of oxazole rings is 1. The predicted molar refractivity (Wildman–Crippen MR) is 172 cm³/mol. The molecule has 0 atom stereocenters. The van der Waals surface area contributed by atoms with Crippen molar-refractivity contribution in [3.63, 3.8) is 0 Å². The van der Waals surface area contributed by atoms with E-state index in [1.807, 2.05) is 0 Å². The number of amides is 2. The van der Waals surface area contributed by atoms with Crippen LogP contribution < -0.4 is 20.1 Å². The van der Waals surface area contributed by atoms with Crippen LogP contribution in [-0.2, 0) is 10.0 Å². The van der Waals surface area contributed by atoms with Gasteiger partial charge in [0.15, 0.2) is 5.58 Å². The molecule has 0 aliphatic heterocycles. The van der Waals surface area contributed by atoms with E-state index < -0.39 is 27.7 Å². The zero-order chi connectivity index (χ0) is 32.9. The molecule has 3 N–H and O–H groups in total. The third-order valence-corrected chi connectivity index (χ3v) is 8.81. The van der Waals surface area contributed by atoms with Gasteiger partial charge in [0, 0.05) is 42.2 Å². The summed E-state index contributed by atoms with van der Waals surface area (Å²) in [5, 5.41) is 3.03. The van der Waals surface area contributed by atoms with E-state index >= 15 is 0 Å². The molecular formula is C33H27FN4O7S. The van der Waals surface area contributed by atoms with E-state index in [0.717, 1.165) is 10.6 Å². The number of furan rings is 1. The van der Waals surface area contributed by atoms with E-state index in [0.29, 0.717) is 44.5 Å². The molecule has 4 aromatic carbocycles. The second-order valence-electron chi connectivity index (χ2n) is 10.5. The summed E-state index contributed by atoms with van der Waals surface area (Å²) in [4.78, 5) is 29.5. The Bertz CT molecular complexity index is 2290. The molecule has 11 nitrogen and oxygen atoms in total. The number of hydrogen-bond acceptors (Lipinski definition) is 8. The van der Waals surface area contributed by atoms with Crippen molar-refractivity contribution in [1.82, 2.24) is 10.3 Å². The molecule has 2 heterocycles. The summed E-state index contributed by atoms with van der Waals surface area (Å²) in [6.45, 7) is 0. The number of anilines is 1. The van der Waals surface area contributed by atoms with Crippen molar-refractivity contribution in [1.29, 1.82) is 0 Å². The number of benzene rings is 4. The van der Waals surface area contributed by atoms with Gasteiger partial charge in [0.1, 0.15) is 28.4 Å². The molecule has 0 saturated heterocycles. The third kappa shape index (κ3) is 5.30. The first kappa shape index (κ1) is 30.3. The van der Waals surface area contributed by atoms with E-state index in [1.54, 1.807) is 42.5 Å². The smallest absolute Gasteiger partial charge is 0.255 e. The third-order valence-electron chi connectivity index (χ3n) is 7.62. The molecule has 0 unspecified atom stereocenters. The zero-order valence-corrected chi connectivity index (χ0v) is 25.9. The normalized spacial score (nSPS) is 11.6. The van der Waals surface area contributed by atoms with Gasteiger partial charge in [-0.3, -0.25) is 13.9 Å². The second kappa shape index (κ2) is 11.3. The molecule has 0 spiro atoms. The van der Waals surface area contributed by atoms with Gasteiger partial charge in [0.05, 0.1) is 30.2 Å². The quantitative estimate of drug-likeness (QED) is 0.218. The molecule has 0 aliphatic carbocycles. The molecule has 2 amide bonds. The van der Waals surface area contributed by atoms with Crippen molar-refractivity contribution >= 4 is 49.6 Å². The highest BCUT2D eigenvalue weighted by Crippen LogP contribution is 2.43. The second-order valence-corrected chi connectivity index (χ2v) is 12.5. The fourth-order valence-corrected chi connectivity index (χ4v) is 5.70. The highest BCUT2D eigenvalue weighted by atomic mass is 32.2. The molecule has 0 fully saturated rings. The molecule has 234 valence electrons. The monoisotopic (exact) mass is 642 g/mol. The van der Waals surface area contributed by atoms with Crippen molar-refractivity contribution in [2.45, 2.75) is 0 Å². The van der Waals surface area contributed by atoms with Crippen LogP contribution in [0, 0.1) is 5.82 Å². The van der Waals surface area contributed by atoms with E-state index in [-0.39, 0.29) is 34.0 Å². The number of nitrogens with one attached hydrogen (secondary N) is 1. The van der Waals surface area contributed by atoms with E-state index in [9.17, 15) is 22.4 Å². The van der Waals surface area contributed by atoms with Crippen LogP contribution in [0.1, 0.15) is 20.7 Å². The van der Waals surface area contributed by atoms with E-state index in [4.69, 9.17) is 19.3 Å². The van der Waals surface area contributed by atoms with Gasteiger partial charge in [-0.1, -0.05) is 6.07 Å². The average Bonchev–Trinajstić information content (AvgIpc) is 3.64. The van der Waals surface area contributed by atoms with Crippen LogP contribution in [-0.4, -0.2) is 52.7 Å². The molecule has 46 heavy (non-hydrogen) atoms. The number of fused-ring (bicyclic) bond motifs is 2. The Labute approximate surface area is 262 Å². The maximum Gasteiger partial charge on any atom is 0.255 e. The molecule has 6 aromatic rings. The summed E-state index contributed by atoms with van der Waals surface area (Å²) in [6.07, 6.45) is 1.07. The van der Waals surface area contributed by atoms with Crippen molar-refractivity contribution in [2.24, 2.45) is 5.73 Å². The molecule has 6 rings (SSSR count). The van der Waals surface area contributed by atoms with Crippen LogP contribution in [0.25, 0.3) is 56.0 Å². The topological polar surface area (TPSA) is 158 Å². The van der Waals surface area contributed by atoms with Gasteiger partial charge >= 0.3 is 0 Å². The first-order valence-corrected chi connectivity index (χ1v) is 15.7. The highest BCUT2D eigenvalue weighted by Gasteiger charge is 2.27. The molecule has 0 aliphatic rings. The number of carbonyl (C=O) groups is 2. The molecule has 13 heteroatoms. The molecule has 0 bridgehead atoms. The Kier molecular flexibility index (Phi) is 7.48. The van der Waals surface area contributed by atoms with Gasteiger partial charge in [-0.2, -0.15) is 0 Å². The van der Waals surface area contributed by atoms with Gasteiger partial charge in [0.25, 0.3) is 5.91 Å². The molecular weight excluding hydrogens is 615 g/mol. The van der Waals surface area contributed by atoms with E-state index in [2.05, 4.69) is 10.3 Å². The van der Waals surface area contributed by atoms with Gasteiger partial charge < -0.3 is 24.6 Å². The van der Waals surface area contributed by atoms with Crippen molar-refractivity contribution in [3.05, 3.63) is 89.7 Å². The van der Waals surface area contributed by atoms with Gasteiger partial charge in [0.2, 0.25) is 21.8 Å². The minimum atomic E-state index is -3.76. The van der Waals surface area contributed by atoms with Gasteiger partial charge in [-0.05, 0) is 66.2 Å². The van der Waals surface area contributed by atoms with Crippen LogP contribution in [0.3, 0.4) is 0 Å². The van der Waals surface area contributed by atoms with Crippen LogP contribution >= 0.6 is 0 Å². The number of nitrogens with two attached hydrogens (primary N) is 1. The highest BCUT2D eigenvalue weighted by molar-refractivity contribution is 7.92. The standard InChI is InChI=1S/C33H27FN4O7S/c1-36-32(40)29-22-15-21(25(38(2)46(4,41)42)16-27(22)44-30(29)17-5-9-20(34)10-6-17)18-8-12-26(43-3)23(13-18)33-37-24-11-7-19(31(35)39)14-28(24)45-33/h5-16H,1-4H3,(H2,35,39)(H,36,40). The summed E-state index contributed by atoms with van der Waals surface area (Å²) < 4.78 is 58.2. The van der Waals surface area contributed by atoms with E-state index in [1.165, 1.54) is 51.5 Å². The van der Waals surface area contributed by atoms with Crippen LogP contribution in [0.4, 0.5) is 10.1 Å². The molecule has 0 radical (unpaired) electrons. The Balaban J connectivity index is 1.61. The number of nitrogens with zero attached hydrogens (tertiary/aromatic N) is 2. The number of methoxy groups -OCH3 is 1. The lowest BCUT2D eigenvalue weighted by atomic mass is 9.97. The van der Waals surface area contributed by atoms with Crippen molar-refractivity contribution < 1.29 is 36.0 Å². The van der Waals surface area contributed by atoms with Crippen molar-refractivity contribution in [3.8, 4) is 39.7 Å². The minimum Gasteiger partial charge on any atom is -0.496 e. The first-order valence-electron chi connectivity index (χ1n) is 13.8. The Morgan fingerprint density at radius 3 is 2.30 bits per heavy atom. The van der Waals surface area contributed by atoms with Gasteiger partial charge in [-0.15, -0.1) is 0 Å². The lowest BCUT2D eigenvalue weighted by Gasteiger charge is -2.21. The SMILES string of the molecule is CNC(=O)c1c(-c2ccc(F)cc2)oc2cc(N(C)S(C)(=O)=O)c(-c3ccc(OC)c(-c4nc5ccc(C(N)=O)cc5o4)c3)cc12.